The van der Waals surface area contributed by atoms with Crippen LogP contribution in [0.2, 0.25) is 0 Å². The average molecular weight is 277 g/mol. The number of hydrogen-bond donors (Lipinski definition) is 1. The molecule has 0 amide bonds. The summed E-state index contributed by atoms with van der Waals surface area (Å²) < 4.78 is 0. The third-order valence-corrected chi connectivity index (χ3v) is 3.54. The first-order valence-corrected chi connectivity index (χ1v) is 7.29. The van der Waals surface area contributed by atoms with Gasteiger partial charge in [-0.25, -0.2) is 0 Å². The lowest BCUT2D eigenvalue weighted by Gasteiger charge is -2.07. The third-order valence-electron chi connectivity index (χ3n) is 3.54. The zero-order chi connectivity index (χ0) is 14.5. The number of hydrogen-bond acceptors (Lipinski definition) is 3. The molecule has 3 heteroatoms. The van der Waals surface area contributed by atoms with E-state index in [1.54, 1.807) is 0 Å². The van der Waals surface area contributed by atoms with E-state index in [4.69, 9.17) is 0 Å². The number of rotatable bonds is 5. The van der Waals surface area contributed by atoms with Crippen molar-refractivity contribution in [3.05, 3.63) is 71.7 Å². The molecular formula is C18H19N3. The second-order valence-electron chi connectivity index (χ2n) is 5.19. The molecule has 0 aliphatic heterocycles. The van der Waals surface area contributed by atoms with Crippen molar-refractivity contribution < 1.29 is 0 Å². The summed E-state index contributed by atoms with van der Waals surface area (Å²) in [5.41, 5.74) is 4.55. The molecule has 0 aliphatic rings. The van der Waals surface area contributed by atoms with Gasteiger partial charge in [-0.05, 0) is 43.7 Å². The van der Waals surface area contributed by atoms with Crippen molar-refractivity contribution in [3.63, 3.8) is 0 Å². The van der Waals surface area contributed by atoms with Crippen molar-refractivity contribution in [1.82, 2.24) is 15.3 Å². The Morgan fingerprint density at radius 1 is 1.00 bits per heavy atom. The van der Waals surface area contributed by atoms with Crippen LogP contribution < -0.4 is 5.32 Å². The van der Waals surface area contributed by atoms with E-state index in [0.29, 0.717) is 0 Å². The van der Waals surface area contributed by atoms with Crippen LogP contribution in [0.25, 0.3) is 10.9 Å². The first-order valence-electron chi connectivity index (χ1n) is 7.29. The lowest BCUT2D eigenvalue weighted by Crippen LogP contribution is -2.17. The molecule has 0 saturated carbocycles. The molecule has 3 rings (SSSR count). The van der Waals surface area contributed by atoms with E-state index in [2.05, 4.69) is 45.6 Å². The van der Waals surface area contributed by atoms with E-state index >= 15 is 0 Å². The molecule has 2 aromatic heterocycles. The number of fused-ring (bicyclic) bond motifs is 1. The fourth-order valence-electron chi connectivity index (χ4n) is 2.51. The van der Waals surface area contributed by atoms with Gasteiger partial charge in [0.25, 0.3) is 0 Å². The van der Waals surface area contributed by atoms with Crippen molar-refractivity contribution in [2.24, 2.45) is 0 Å². The van der Waals surface area contributed by atoms with Crippen LogP contribution >= 0.6 is 0 Å². The smallest absolute Gasteiger partial charge is 0.0734 e. The van der Waals surface area contributed by atoms with Crippen LogP contribution in [-0.2, 0) is 13.0 Å². The Morgan fingerprint density at radius 3 is 2.76 bits per heavy atom. The summed E-state index contributed by atoms with van der Waals surface area (Å²) in [6.45, 7) is 3.75. The summed E-state index contributed by atoms with van der Waals surface area (Å²) >= 11 is 0. The molecule has 21 heavy (non-hydrogen) atoms. The van der Waals surface area contributed by atoms with Crippen molar-refractivity contribution in [1.29, 1.82) is 0 Å². The highest BCUT2D eigenvalue weighted by molar-refractivity contribution is 5.81. The van der Waals surface area contributed by atoms with Gasteiger partial charge in [0.15, 0.2) is 0 Å². The summed E-state index contributed by atoms with van der Waals surface area (Å²) in [5, 5.41) is 4.66. The summed E-state index contributed by atoms with van der Waals surface area (Å²) in [6, 6.07) is 16.6. The Labute approximate surface area is 125 Å². The highest BCUT2D eigenvalue weighted by Crippen LogP contribution is 2.15. The molecule has 0 atom stereocenters. The maximum Gasteiger partial charge on any atom is 0.0734 e. The number of aryl methyl sites for hydroxylation is 1. The summed E-state index contributed by atoms with van der Waals surface area (Å²) in [4.78, 5) is 8.98. The topological polar surface area (TPSA) is 37.8 Å². The molecule has 0 bridgehead atoms. The van der Waals surface area contributed by atoms with E-state index in [1.165, 1.54) is 10.9 Å². The predicted octanol–water partition coefficient (Wildman–Crippen LogP) is 3.27. The third kappa shape index (κ3) is 3.44. The number of pyridine rings is 2. The number of para-hydroxylation sites is 1. The normalized spacial score (nSPS) is 10.9. The summed E-state index contributed by atoms with van der Waals surface area (Å²) in [5.74, 6) is 0. The molecule has 1 N–H and O–H groups in total. The van der Waals surface area contributed by atoms with E-state index < -0.39 is 0 Å². The maximum absolute atomic E-state index is 4.49. The summed E-state index contributed by atoms with van der Waals surface area (Å²) in [6.07, 6.45) is 2.83. The monoisotopic (exact) mass is 277 g/mol. The molecule has 0 fully saturated rings. The molecule has 3 nitrogen and oxygen atoms in total. The first-order chi connectivity index (χ1) is 10.3. The highest BCUT2D eigenvalue weighted by Gasteiger charge is 2.01. The number of benzene rings is 1. The largest absolute Gasteiger partial charge is 0.311 e. The molecule has 1 aromatic carbocycles. The zero-order valence-corrected chi connectivity index (χ0v) is 12.2. The number of nitrogens with zero attached hydrogens (tertiary/aromatic N) is 2. The van der Waals surface area contributed by atoms with Gasteiger partial charge in [-0.3, -0.25) is 9.97 Å². The fourth-order valence-corrected chi connectivity index (χ4v) is 2.51. The van der Waals surface area contributed by atoms with Gasteiger partial charge >= 0.3 is 0 Å². The van der Waals surface area contributed by atoms with Gasteiger partial charge in [-0.15, -0.1) is 0 Å². The van der Waals surface area contributed by atoms with Crippen molar-refractivity contribution in [2.75, 3.05) is 6.54 Å². The molecule has 106 valence electrons. The van der Waals surface area contributed by atoms with Crippen molar-refractivity contribution >= 4 is 10.9 Å². The van der Waals surface area contributed by atoms with Crippen molar-refractivity contribution in [2.45, 2.75) is 19.9 Å². The zero-order valence-electron chi connectivity index (χ0n) is 12.2. The van der Waals surface area contributed by atoms with E-state index in [9.17, 15) is 0 Å². The minimum absolute atomic E-state index is 0.805. The lowest BCUT2D eigenvalue weighted by atomic mass is 10.1. The number of nitrogens with one attached hydrogen (secondary N) is 1. The second-order valence-corrected chi connectivity index (χ2v) is 5.19. The Kier molecular flexibility index (Phi) is 4.22. The minimum atomic E-state index is 0.805. The van der Waals surface area contributed by atoms with Gasteiger partial charge in [0.2, 0.25) is 0 Å². The average Bonchev–Trinajstić information content (AvgIpc) is 2.52. The quantitative estimate of drug-likeness (QED) is 0.727. The molecule has 0 spiro atoms. The maximum atomic E-state index is 4.49. The predicted molar refractivity (Wildman–Crippen MR) is 86.1 cm³/mol. The van der Waals surface area contributed by atoms with Gasteiger partial charge in [-0.2, -0.15) is 0 Å². The van der Waals surface area contributed by atoms with Crippen LogP contribution in [0.4, 0.5) is 0 Å². The molecule has 0 aliphatic carbocycles. The van der Waals surface area contributed by atoms with E-state index in [-0.39, 0.29) is 0 Å². The standard InChI is InChI=1S/C18H19N3/c1-14-5-2-9-17(21-14)13-19-12-10-16-7-3-6-15-8-4-11-20-18(15)16/h2-9,11,19H,10,12-13H2,1H3. The molecule has 2 heterocycles. The van der Waals surface area contributed by atoms with Crippen LogP contribution in [-0.4, -0.2) is 16.5 Å². The van der Waals surface area contributed by atoms with Crippen LogP contribution in [0.5, 0.6) is 0 Å². The minimum Gasteiger partial charge on any atom is -0.311 e. The molecule has 0 unspecified atom stereocenters. The molecular weight excluding hydrogens is 258 g/mol. The van der Waals surface area contributed by atoms with Crippen LogP contribution in [0.15, 0.2) is 54.7 Å². The Hall–Kier alpha value is -2.26. The second kappa shape index (κ2) is 6.46. The lowest BCUT2D eigenvalue weighted by molar-refractivity contribution is 0.674. The van der Waals surface area contributed by atoms with Gasteiger partial charge in [0.1, 0.15) is 0 Å². The fraction of sp³-hybridized carbons (Fsp3) is 0.222. The van der Waals surface area contributed by atoms with E-state index in [1.807, 2.05) is 31.3 Å². The van der Waals surface area contributed by atoms with Gasteiger partial charge in [0, 0.05) is 23.8 Å². The van der Waals surface area contributed by atoms with Crippen LogP contribution in [0.3, 0.4) is 0 Å². The van der Waals surface area contributed by atoms with E-state index in [0.717, 1.165) is 36.4 Å². The molecule has 3 aromatic rings. The Balaban J connectivity index is 1.60. The summed E-state index contributed by atoms with van der Waals surface area (Å²) in [7, 11) is 0. The van der Waals surface area contributed by atoms with Gasteiger partial charge in [-0.1, -0.05) is 30.3 Å². The Bertz CT molecular complexity index is 732. The highest BCUT2D eigenvalue weighted by atomic mass is 14.9. The van der Waals surface area contributed by atoms with Gasteiger partial charge < -0.3 is 5.32 Å². The Morgan fingerprint density at radius 2 is 1.86 bits per heavy atom. The SMILES string of the molecule is Cc1cccc(CNCCc2cccc3cccnc23)n1. The van der Waals surface area contributed by atoms with Gasteiger partial charge in [0.05, 0.1) is 11.2 Å². The van der Waals surface area contributed by atoms with Crippen LogP contribution in [0.1, 0.15) is 17.0 Å². The molecule has 0 saturated heterocycles. The first kappa shape index (κ1) is 13.7. The van der Waals surface area contributed by atoms with Crippen molar-refractivity contribution in [3.8, 4) is 0 Å². The molecule has 0 radical (unpaired) electrons. The number of aromatic nitrogens is 2. The van der Waals surface area contributed by atoms with Crippen LogP contribution in [0, 0.1) is 6.92 Å².